The van der Waals surface area contributed by atoms with Crippen LogP contribution in [0.4, 0.5) is 0 Å². The molecule has 2 heterocycles. The molecule has 2 amide bonds. The Labute approximate surface area is 108 Å². The third kappa shape index (κ3) is 2.98. The van der Waals surface area contributed by atoms with Crippen molar-refractivity contribution in [3.63, 3.8) is 0 Å². The second kappa shape index (κ2) is 5.50. The topological polar surface area (TPSA) is 63.1 Å². The van der Waals surface area contributed by atoms with Crippen LogP contribution in [0.5, 0.6) is 0 Å². The van der Waals surface area contributed by atoms with Crippen LogP contribution < -0.4 is 10.9 Å². The third-order valence-electron chi connectivity index (χ3n) is 2.41. The van der Waals surface area contributed by atoms with Crippen LogP contribution in [0.1, 0.15) is 15.4 Å². The number of carbonyl (C=O) groups is 2. The van der Waals surface area contributed by atoms with Gasteiger partial charge in [0.15, 0.2) is 0 Å². The molecule has 0 aliphatic carbocycles. The number of hydrogen-bond acceptors (Lipinski definition) is 3. The second-order valence-corrected chi connectivity index (χ2v) is 4.80. The van der Waals surface area contributed by atoms with Crippen molar-refractivity contribution in [2.24, 2.45) is 7.05 Å². The highest BCUT2D eigenvalue weighted by Crippen LogP contribution is 2.08. The van der Waals surface area contributed by atoms with Crippen LogP contribution in [0.3, 0.4) is 0 Å². The lowest BCUT2D eigenvalue weighted by molar-refractivity contribution is -0.121. The van der Waals surface area contributed by atoms with Gasteiger partial charge in [0, 0.05) is 18.1 Å². The summed E-state index contributed by atoms with van der Waals surface area (Å²) in [4.78, 5) is 24.2. The first kappa shape index (κ1) is 12.4. The fraction of sp³-hybridized carbons (Fsp3) is 0.167. The molecule has 0 aliphatic rings. The highest BCUT2D eigenvalue weighted by atomic mass is 32.1. The summed E-state index contributed by atoms with van der Waals surface area (Å²) in [5, 5.41) is 1.91. The van der Waals surface area contributed by atoms with Gasteiger partial charge >= 0.3 is 0 Å². The van der Waals surface area contributed by atoms with Crippen molar-refractivity contribution in [3.8, 4) is 0 Å². The lowest BCUT2D eigenvalue weighted by Crippen LogP contribution is -2.42. The lowest BCUT2D eigenvalue weighted by Gasteiger charge is -2.07. The minimum Gasteiger partial charge on any atom is -0.347 e. The van der Waals surface area contributed by atoms with E-state index in [4.69, 9.17) is 0 Å². The maximum absolute atomic E-state index is 11.7. The van der Waals surface area contributed by atoms with Gasteiger partial charge < -0.3 is 4.57 Å². The van der Waals surface area contributed by atoms with Gasteiger partial charge in [-0.25, -0.2) is 0 Å². The number of rotatable bonds is 3. The summed E-state index contributed by atoms with van der Waals surface area (Å²) in [6.07, 6.45) is 2.04. The molecule has 0 aliphatic heterocycles. The number of thiophene rings is 1. The van der Waals surface area contributed by atoms with E-state index in [-0.39, 0.29) is 18.2 Å². The molecule has 2 aromatic heterocycles. The Morgan fingerprint density at radius 2 is 2.11 bits per heavy atom. The number of aryl methyl sites for hydroxylation is 1. The quantitative estimate of drug-likeness (QED) is 0.814. The zero-order valence-corrected chi connectivity index (χ0v) is 10.7. The fourth-order valence-electron chi connectivity index (χ4n) is 1.50. The Morgan fingerprint density at radius 1 is 1.28 bits per heavy atom. The number of aromatic nitrogens is 1. The van der Waals surface area contributed by atoms with Gasteiger partial charge in [0.2, 0.25) is 5.91 Å². The maximum atomic E-state index is 11.7. The summed E-state index contributed by atoms with van der Waals surface area (Å²) < 4.78 is 1.68. The number of amides is 2. The fourth-order valence-corrected chi connectivity index (χ4v) is 2.21. The van der Waals surface area contributed by atoms with Crippen LogP contribution in [-0.2, 0) is 18.3 Å². The van der Waals surface area contributed by atoms with Gasteiger partial charge in [-0.05, 0) is 23.6 Å². The van der Waals surface area contributed by atoms with E-state index in [1.54, 1.807) is 29.9 Å². The third-order valence-corrected chi connectivity index (χ3v) is 3.28. The van der Waals surface area contributed by atoms with Gasteiger partial charge in [0.25, 0.3) is 5.91 Å². The molecule has 6 heteroatoms. The first-order chi connectivity index (χ1) is 8.66. The summed E-state index contributed by atoms with van der Waals surface area (Å²) in [7, 11) is 1.77. The number of carbonyl (C=O) groups excluding carboxylic acids is 2. The first-order valence-electron chi connectivity index (χ1n) is 5.39. The van der Waals surface area contributed by atoms with Gasteiger partial charge in [0.1, 0.15) is 5.69 Å². The van der Waals surface area contributed by atoms with Crippen molar-refractivity contribution < 1.29 is 9.59 Å². The molecule has 0 aromatic carbocycles. The normalized spacial score (nSPS) is 10.1. The van der Waals surface area contributed by atoms with Crippen molar-refractivity contribution in [3.05, 3.63) is 46.4 Å². The van der Waals surface area contributed by atoms with E-state index in [1.807, 2.05) is 17.5 Å². The van der Waals surface area contributed by atoms with Crippen molar-refractivity contribution in [2.75, 3.05) is 0 Å². The highest BCUT2D eigenvalue weighted by Gasteiger charge is 2.10. The summed E-state index contributed by atoms with van der Waals surface area (Å²) >= 11 is 1.51. The maximum Gasteiger partial charge on any atom is 0.286 e. The summed E-state index contributed by atoms with van der Waals surface area (Å²) in [6, 6.07) is 7.21. The molecule has 0 spiro atoms. The van der Waals surface area contributed by atoms with E-state index >= 15 is 0 Å². The van der Waals surface area contributed by atoms with Gasteiger partial charge in [0.05, 0.1) is 6.42 Å². The molecule has 0 radical (unpaired) electrons. The number of nitrogens with one attached hydrogen (secondary N) is 2. The predicted octanol–water partition coefficient (Wildman–Crippen LogP) is 1.09. The van der Waals surface area contributed by atoms with Crippen molar-refractivity contribution in [1.82, 2.24) is 15.4 Å². The van der Waals surface area contributed by atoms with Gasteiger partial charge in [-0.2, -0.15) is 0 Å². The first-order valence-corrected chi connectivity index (χ1v) is 6.27. The Bertz CT molecular complexity index is 545. The van der Waals surface area contributed by atoms with Crippen LogP contribution in [0.2, 0.25) is 0 Å². The van der Waals surface area contributed by atoms with E-state index in [2.05, 4.69) is 10.9 Å². The van der Waals surface area contributed by atoms with Crippen LogP contribution in [-0.4, -0.2) is 16.4 Å². The molecule has 94 valence electrons. The second-order valence-electron chi connectivity index (χ2n) is 3.76. The molecule has 0 atom stereocenters. The zero-order chi connectivity index (χ0) is 13.0. The van der Waals surface area contributed by atoms with Gasteiger partial charge in [-0.15, -0.1) is 11.3 Å². The van der Waals surface area contributed by atoms with E-state index in [0.717, 1.165) is 4.88 Å². The molecule has 2 N–H and O–H groups in total. The van der Waals surface area contributed by atoms with Crippen LogP contribution in [0.15, 0.2) is 35.8 Å². The molecule has 18 heavy (non-hydrogen) atoms. The van der Waals surface area contributed by atoms with E-state index in [9.17, 15) is 9.59 Å². The smallest absolute Gasteiger partial charge is 0.286 e. The highest BCUT2D eigenvalue weighted by molar-refractivity contribution is 7.10. The van der Waals surface area contributed by atoms with Crippen molar-refractivity contribution in [1.29, 1.82) is 0 Å². The average molecular weight is 263 g/mol. The summed E-state index contributed by atoms with van der Waals surface area (Å²) in [6.45, 7) is 0. The number of nitrogens with zero attached hydrogens (tertiary/aromatic N) is 1. The van der Waals surface area contributed by atoms with Crippen molar-refractivity contribution in [2.45, 2.75) is 6.42 Å². The minimum absolute atomic E-state index is 0.236. The van der Waals surface area contributed by atoms with Gasteiger partial charge in [-0.3, -0.25) is 20.4 Å². The molecule has 0 fully saturated rings. The van der Waals surface area contributed by atoms with E-state index in [0.29, 0.717) is 5.69 Å². The Hall–Kier alpha value is -2.08. The molecule has 0 saturated heterocycles. The van der Waals surface area contributed by atoms with Crippen molar-refractivity contribution >= 4 is 23.2 Å². The molecular weight excluding hydrogens is 250 g/mol. The molecule has 2 rings (SSSR count). The standard InChI is InChI=1S/C12H13N3O2S/c1-15-6-2-5-10(15)12(17)14-13-11(16)8-9-4-3-7-18-9/h2-7H,8H2,1H3,(H,13,16)(H,14,17). The Kier molecular flexibility index (Phi) is 3.78. The average Bonchev–Trinajstić information content (AvgIpc) is 2.97. The SMILES string of the molecule is Cn1cccc1C(=O)NNC(=O)Cc1cccs1. The van der Waals surface area contributed by atoms with E-state index in [1.165, 1.54) is 11.3 Å². The molecule has 0 unspecified atom stereocenters. The Balaban J connectivity index is 1.83. The number of hydrogen-bond donors (Lipinski definition) is 2. The Morgan fingerprint density at radius 3 is 2.72 bits per heavy atom. The summed E-state index contributed by atoms with van der Waals surface area (Å²) in [5.74, 6) is -0.568. The molecule has 0 bridgehead atoms. The molecular formula is C12H13N3O2S. The monoisotopic (exact) mass is 263 g/mol. The summed E-state index contributed by atoms with van der Waals surface area (Å²) in [5.41, 5.74) is 5.27. The van der Waals surface area contributed by atoms with Crippen LogP contribution in [0, 0.1) is 0 Å². The predicted molar refractivity (Wildman–Crippen MR) is 69.0 cm³/mol. The van der Waals surface area contributed by atoms with Gasteiger partial charge in [-0.1, -0.05) is 6.07 Å². The molecule has 2 aromatic rings. The van der Waals surface area contributed by atoms with Crippen LogP contribution >= 0.6 is 11.3 Å². The van der Waals surface area contributed by atoms with Crippen LogP contribution in [0.25, 0.3) is 0 Å². The number of hydrazine groups is 1. The largest absolute Gasteiger partial charge is 0.347 e. The molecule has 0 saturated carbocycles. The minimum atomic E-state index is -0.331. The molecule has 5 nitrogen and oxygen atoms in total. The lowest BCUT2D eigenvalue weighted by atomic mass is 10.3. The zero-order valence-electron chi connectivity index (χ0n) is 9.84. The van der Waals surface area contributed by atoms with E-state index < -0.39 is 0 Å².